The number of nitrogens with one attached hydrogen (secondary N) is 2. The van der Waals surface area contributed by atoms with Gasteiger partial charge in [0.25, 0.3) is 5.91 Å². The van der Waals surface area contributed by atoms with Gasteiger partial charge in [-0.2, -0.15) is 0 Å². The van der Waals surface area contributed by atoms with E-state index in [0.29, 0.717) is 23.9 Å². The van der Waals surface area contributed by atoms with Gasteiger partial charge in [-0.05, 0) is 63.6 Å². The van der Waals surface area contributed by atoms with Crippen molar-refractivity contribution in [2.45, 2.75) is 34.2 Å². The molecule has 0 aliphatic rings. The molecule has 1 aromatic carbocycles. The van der Waals surface area contributed by atoms with Crippen molar-refractivity contribution in [1.82, 2.24) is 9.97 Å². The van der Waals surface area contributed by atoms with Gasteiger partial charge in [-0.3, -0.25) is 4.79 Å². The van der Waals surface area contributed by atoms with Gasteiger partial charge >= 0.3 is 0 Å². The van der Waals surface area contributed by atoms with Gasteiger partial charge in [0, 0.05) is 30.5 Å². The van der Waals surface area contributed by atoms with Crippen LogP contribution in [0.2, 0.25) is 0 Å². The average Bonchev–Trinajstić information content (AvgIpc) is 3.22. The average molecular weight is 393 g/mol. The number of carbonyl (C=O) groups excluding carboxylic acids is 1. The number of rotatable bonds is 8. The van der Waals surface area contributed by atoms with Crippen molar-refractivity contribution in [2.24, 2.45) is 0 Å². The summed E-state index contributed by atoms with van der Waals surface area (Å²) in [6, 6.07) is 11.4. The Morgan fingerprint density at radius 1 is 1.10 bits per heavy atom. The maximum absolute atomic E-state index is 12.8. The number of carbonyl (C=O) groups is 1. The lowest BCUT2D eigenvalue weighted by Gasteiger charge is -2.22. The summed E-state index contributed by atoms with van der Waals surface area (Å²) in [7, 11) is 0. The van der Waals surface area contributed by atoms with Gasteiger partial charge in [0.1, 0.15) is 23.1 Å². The highest BCUT2D eigenvalue weighted by Gasteiger charge is 2.13. The first-order valence-electron chi connectivity index (χ1n) is 9.79. The van der Waals surface area contributed by atoms with Crippen molar-refractivity contribution in [3.63, 3.8) is 0 Å². The fourth-order valence-electron chi connectivity index (χ4n) is 3.13. The largest absolute Gasteiger partial charge is 0.467 e. The summed E-state index contributed by atoms with van der Waals surface area (Å²) < 4.78 is 5.31. The zero-order chi connectivity index (χ0) is 20.8. The number of furan rings is 1. The van der Waals surface area contributed by atoms with Crippen molar-refractivity contribution < 1.29 is 9.21 Å². The molecular formula is C22H27N5O2. The van der Waals surface area contributed by atoms with Gasteiger partial charge in [-0.1, -0.05) is 0 Å². The Hall–Kier alpha value is -3.35. The van der Waals surface area contributed by atoms with Crippen molar-refractivity contribution in [2.75, 3.05) is 28.6 Å². The first-order chi connectivity index (χ1) is 14.0. The predicted octanol–water partition coefficient (Wildman–Crippen LogP) is 4.40. The first-order valence-corrected chi connectivity index (χ1v) is 9.79. The highest BCUT2D eigenvalue weighted by molar-refractivity contribution is 6.03. The summed E-state index contributed by atoms with van der Waals surface area (Å²) in [4.78, 5) is 23.7. The molecule has 0 radical (unpaired) electrons. The van der Waals surface area contributed by atoms with Gasteiger partial charge in [0.05, 0.1) is 12.8 Å². The maximum Gasteiger partial charge on any atom is 0.274 e. The second-order valence-electron chi connectivity index (χ2n) is 6.74. The van der Waals surface area contributed by atoms with Crippen molar-refractivity contribution in [1.29, 1.82) is 0 Å². The van der Waals surface area contributed by atoms with Crippen LogP contribution >= 0.6 is 0 Å². The minimum Gasteiger partial charge on any atom is -0.467 e. The van der Waals surface area contributed by atoms with E-state index in [-0.39, 0.29) is 5.91 Å². The zero-order valence-electron chi connectivity index (χ0n) is 17.3. The fraction of sp³-hybridized carbons (Fsp3) is 0.318. The van der Waals surface area contributed by atoms with Crippen LogP contribution in [-0.2, 0) is 6.54 Å². The molecule has 2 aromatic heterocycles. The molecule has 0 saturated heterocycles. The summed E-state index contributed by atoms with van der Waals surface area (Å²) in [5.41, 5.74) is 3.23. The lowest BCUT2D eigenvalue weighted by Crippen LogP contribution is -2.22. The molecule has 152 valence electrons. The quantitative estimate of drug-likeness (QED) is 0.590. The Bertz CT molecular complexity index is 965. The Morgan fingerprint density at radius 2 is 1.90 bits per heavy atom. The summed E-state index contributed by atoms with van der Waals surface area (Å²) in [6.07, 6.45) is 1.62. The molecule has 2 heterocycles. The highest BCUT2D eigenvalue weighted by atomic mass is 16.3. The van der Waals surface area contributed by atoms with Crippen molar-refractivity contribution >= 4 is 23.1 Å². The Morgan fingerprint density at radius 3 is 2.55 bits per heavy atom. The van der Waals surface area contributed by atoms with E-state index in [2.05, 4.69) is 45.4 Å². The molecule has 0 fully saturated rings. The molecule has 1 amide bonds. The molecule has 0 aliphatic heterocycles. The number of hydrogen-bond donors (Lipinski definition) is 2. The summed E-state index contributed by atoms with van der Waals surface area (Å²) in [6.45, 7) is 10.4. The second-order valence-corrected chi connectivity index (χ2v) is 6.74. The van der Waals surface area contributed by atoms with Gasteiger partial charge in [-0.15, -0.1) is 0 Å². The second kappa shape index (κ2) is 9.23. The first kappa shape index (κ1) is 20.4. The van der Waals surface area contributed by atoms with E-state index >= 15 is 0 Å². The lowest BCUT2D eigenvalue weighted by atomic mass is 10.1. The van der Waals surface area contributed by atoms with Crippen LogP contribution in [0, 0.1) is 13.8 Å². The Labute approximate surface area is 171 Å². The molecule has 3 aromatic rings. The number of benzene rings is 1. The third-order valence-electron chi connectivity index (χ3n) is 4.68. The predicted molar refractivity (Wildman–Crippen MR) is 115 cm³/mol. The number of aromatic nitrogens is 2. The SMILES string of the molecule is CCN(CC)c1ccc(NC(=O)c2cc(NCc3ccco3)nc(C)n2)c(C)c1. The number of aryl methyl sites for hydroxylation is 2. The van der Waals surface area contributed by atoms with Crippen LogP contribution in [0.25, 0.3) is 0 Å². The number of amides is 1. The molecule has 0 spiro atoms. The molecule has 7 nitrogen and oxygen atoms in total. The summed E-state index contributed by atoms with van der Waals surface area (Å²) in [5, 5.41) is 6.12. The maximum atomic E-state index is 12.8. The Balaban J connectivity index is 1.73. The van der Waals surface area contributed by atoms with Gasteiger partial charge in [-0.25, -0.2) is 9.97 Å². The standard InChI is InChI=1S/C22H27N5O2/c1-5-27(6-2)17-9-10-19(15(3)12-17)26-22(28)20-13-21(25-16(4)24-20)23-14-18-8-7-11-29-18/h7-13H,5-6,14H2,1-4H3,(H,26,28)(H,23,24,25). The molecule has 0 aliphatic carbocycles. The summed E-state index contributed by atoms with van der Waals surface area (Å²) in [5.74, 6) is 1.62. The van der Waals surface area contributed by atoms with E-state index in [1.807, 2.05) is 31.2 Å². The van der Waals surface area contributed by atoms with Crippen LogP contribution in [0.5, 0.6) is 0 Å². The topological polar surface area (TPSA) is 83.3 Å². The zero-order valence-corrected chi connectivity index (χ0v) is 17.3. The van der Waals surface area contributed by atoms with Gasteiger partial charge < -0.3 is 20.0 Å². The van der Waals surface area contributed by atoms with Crippen LogP contribution < -0.4 is 15.5 Å². The van der Waals surface area contributed by atoms with Gasteiger partial charge in [0.2, 0.25) is 0 Å². The van der Waals surface area contributed by atoms with Gasteiger partial charge in [0.15, 0.2) is 0 Å². The molecule has 7 heteroatoms. The van der Waals surface area contributed by atoms with E-state index in [4.69, 9.17) is 4.42 Å². The van der Waals surface area contributed by atoms with E-state index in [1.165, 1.54) is 0 Å². The minimum atomic E-state index is -0.268. The Kier molecular flexibility index (Phi) is 6.49. The lowest BCUT2D eigenvalue weighted by molar-refractivity contribution is 0.102. The molecule has 0 bridgehead atoms. The van der Waals surface area contributed by atoms with Crippen LogP contribution in [0.15, 0.2) is 47.1 Å². The molecule has 2 N–H and O–H groups in total. The molecule has 0 unspecified atom stereocenters. The smallest absolute Gasteiger partial charge is 0.274 e. The molecule has 0 atom stereocenters. The third kappa shape index (κ3) is 5.13. The normalized spacial score (nSPS) is 10.6. The monoisotopic (exact) mass is 393 g/mol. The molecular weight excluding hydrogens is 366 g/mol. The van der Waals surface area contributed by atoms with Crippen LogP contribution in [0.3, 0.4) is 0 Å². The van der Waals surface area contributed by atoms with Crippen molar-refractivity contribution in [3.05, 3.63) is 65.5 Å². The fourth-order valence-corrected chi connectivity index (χ4v) is 3.13. The van der Waals surface area contributed by atoms with E-state index in [9.17, 15) is 4.79 Å². The summed E-state index contributed by atoms with van der Waals surface area (Å²) >= 11 is 0. The molecule has 3 rings (SSSR count). The molecule has 29 heavy (non-hydrogen) atoms. The highest BCUT2D eigenvalue weighted by Crippen LogP contribution is 2.23. The number of hydrogen-bond acceptors (Lipinski definition) is 6. The number of anilines is 3. The van der Waals surface area contributed by atoms with Crippen molar-refractivity contribution in [3.8, 4) is 0 Å². The minimum absolute atomic E-state index is 0.268. The van der Waals surface area contributed by atoms with Crippen LogP contribution in [0.1, 0.15) is 41.5 Å². The molecule has 0 saturated carbocycles. The van der Waals surface area contributed by atoms with Crippen LogP contribution in [-0.4, -0.2) is 29.0 Å². The third-order valence-corrected chi connectivity index (χ3v) is 4.68. The van der Waals surface area contributed by atoms with E-state index in [0.717, 1.165) is 35.8 Å². The number of nitrogens with zero attached hydrogens (tertiary/aromatic N) is 3. The van der Waals surface area contributed by atoms with E-state index in [1.54, 1.807) is 19.3 Å². The van der Waals surface area contributed by atoms with E-state index < -0.39 is 0 Å². The van der Waals surface area contributed by atoms with Crippen LogP contribution in [0.4, 0.5) is 17.2 Å².